The standard InChI is InChI=1S/C9H16N4O2/c1-9(2,10)5-4-6-12-7(13-15-6)8(14)11-3/h4-5,10H2,1-3H3,(H,11,14). The van der Waals surface area contributed by atoms with E-state index in [1.54, 1.807) is 0 Å². The number of nitrogens with one attached hydrogen (secondary N) is 1. The van der Waals surface area contributed by atoms with Crippen LogP contribution in [-0.2, 0) is 6.42 Å². The predicted molar refractivity (Wildman–Crippen MR) is 54.3 cm³/mol. The maximum Gasteiger partial charge on any atom is 0.292 e. The Morgan fingerprint density at radius 2 is 2.27 bits per heavy atom. The second-order valence-corrected chi connectivity index (χ2v) is 4.08. The van der Waals surface area contributed by atoms with Crippen molar-refractivity contribution in [2.75, 3.05) is 7.05 Å². The van der Waals surface area contributed by atoms with E-state index in [1.165, 1.54) is 7.05 Å². The summed E-state index contributed by atoms with van der Waals surface area (Å²) in [5.41, 5.74) is 5.53. The third-order valence-electron chi connectivity index (χ3n) is 1.88. The van der Waals surface area contributed by atoms with Crippen LogP contribution >= 0.6 is 0 Å². The van der Waals surface area contributed by atoms with Crippen molar-refractivity contribution < 1.29 is 9.32 Å². The monoisotopic (exact) mass is 212 g/mol. The first-order chi connectivity index (χ1) is 6.92. The lowest BCUT2D eigenvalue weighted by Gasteiger charge is -2.16. The fourth-order valence-electron chi connectivity index (χ4n) is 0.990. The first kappa shape index (κ1) is 11.6. The van der Waals surface area contributed by atoms with Crippen LogP contribution in [0.4, 0.5) is 0 Å². The average molecular weight is 212 g/mol. The van der Waals surface area contributed by atoms with Gasteiger partial charge >= 0.3 is 0 Å². The van der Waals surface area contributed by atoms with Crippen molar-refractivity contribution in [3.63, 3.8) is 0 Å². The molecule has 1 amide bonds. The molecule has 0 saturated heterocycles. The van der Waals surface area contributed by atoms with E-state index in [9.17, 15) is 4.79 Å². The molecule has 0 aliphatic carbocycles. The topological polar surface area (TPSA) is 94.0 Å². The number of amides is 1. The minimum absolute atomic E-state index is 0.0577. The van der Waals surface area contributed by atoms with Gasteiger partial charge in [-0.05, 0) is 20.3 Å². The van der Waals surface area contributed by atoms with E-state index in [2.05, 4.69) is 15.5 Å². The van der Waals surface area contributed by atoms with Crippen molar-refractivity contribution in [3.05, 3.63) is 11.7 Å². The number of hydrogen-bond donors (Lipinski definition) is 2. The van der Waals surface area contributed by atoms with Gasteiger partial charge in [0.2, 0.25) is 5.89 Å². The molecule has 0 aliphatic heterocycles. The Morgan fingerprint density at radius 3 is 2.80 bits per heavy atom. The van der Waals surface area contributed by atoms with Gasteiger partial charge in [-0.1, -0.05) is 5.16 Å². The number of aromatic nitrogens is 2. The van der Waals surface area contributed by atoms with Crippen molar-refractivity contribution in [2.24, 2.45) is 5.73 Å². The molecule has 0 aliphatic rings. The first-order valence-electron chi connectivity index (χ1n) is 4.76. The van der Waals surface area contributed by atoms with E-state index in [-0.39, 0.29) is 17.3 Å². The molecule has 0 spiro atoms. The number of aryl methyl sites for hydroxylation is 1. The summed E-state index contributed by atoms with van der Waals surface area (Å²) in [6.45, 7) is 3.84. The van der Waals surface area contributed by atoms with Crippen LogP contribution < -0.4 is 11.1 Å². The van der Waals surface area contributed by atoms with Crippen LogP contribution in [0.15, 0.2) is 4.52 Å². The number of nitrogens with zero attached hydrogens (tertiary/aromatic N) is 2. The van der Waals surface area contributed by atoms with Gasteiger partial charge in [0.25, 0.3) is 11.7 Å². The van der Waals surface area contributed by atoms with E-state index in [4.69, 9.17) is 10.3 Å². The first-order valence-corrected chi connectivity index (χ1v) is 4.76. The molecule has 84 valence electrons. The summed E-state index contributed by atoms with van der Waals surface area (Å²) in [6, 6.07) is 0. The summed E-state index contributed by atoms with van der Waals surface area (Å²) in [7, 11) is 1.52. The quantitative estimate of drug-likeness (QED) is 0.738. The fraction of sp³-hybridized carbons (Fsp3) is 0.667. The van der Waals surface area contributed by atoms with Crippen LogP contribution in [0.2, 0.25) is 0 Å². The second kappa shape index (κ2) is 4.39. The highest BCUT2D eigenvalue weighted by Gasteiger charge is 2.16. The number of hydrogen-bond acceptors (Lipinski definition) is 5. The lowest BCUT2D eigenvalue weighted by Crippen LogP contribution is -2.32. The molecule has 1 aromatic rings. The van der Waals surface area contributed by atoms with Crippen LogP contribution in [0.5, 0.6) is 0 Å². The molecule has 0 aromatic carbocycles. The van der Waals surface area contributed by atoms with Crippen molar-refractivity contribution in [2.45, 2.75) is 32.2 Å². The molecule has 3 N–H and O–H groups in total. The van der Waals surface area contributed by atoms with Crippen molar-refractivity contribution in [1.29, 1.82) is 0 Å². The Balaban J connectivity index is 2.57. The lowest BCUT2D eigenvalue weighted by molar-refractivity contribution is 0.0950. The summed E-state index contributed by atoms with van der Waals surface area (Å²) < 4.78 is 4.91. The van der Waals surface area contributed by atoms with E-state index >= 15 is 0 Å². The van der Waals surface area contributed by atoms with Crippen LogP contribution in [0.3, 0.4) is 0 Å². The van der Waals surface area contributed by atoms with Crippen LogP contribution in [0.25, 0.3) is 0 Å². The largest absolute Gasteiger partial charge is 0.352 e. The van der Waals surface area contributed by atoms with Crippen molar-refractivity contribution in [3.8, 4) is 0 Å². The van der Waals surface area contributed by atoms with Gasteiger partial charge in [0.05, 0.1) is 0 Å². The lowest BCUT2D eigenvalue weighted by atomic mass is 10.0. The third kappa shape index (κ3) is 3.67. The summed E-state index contributed by atoms with van der Waals surface area (Å²) in [4.78, 5) is 15.0. The Kier molecular flexibility index (Phi) is 3.41. The van der Waals surface area contributed by atoms with Crippen LogP contribution in [0, 0.1) is 0 Å². The number of nitrogens with two attached hydrogens (primary N) is 1. The molecule has 0 atom stereocenters. The zero-order valence-electron chi connectivity index (χ0n) is 9.20. The summed E-state index contributed by atoms with van der Waals surface area (Å²) >= 11 is 0. The molecule has 6 heteroatoms. The molecule has 0 unspecified atom stereocenters. The maximum absolute atomic E-state index is 11.1. The minimum atomic E-state index is -0.350. The van der Waals surface area contributed by atoms with Crippen molar-refractivity contribution >= 4 is 5.91 Å². The Bertz CT molecular complexity index is 340. The third-order valence-corrected chi connectivity index (χ3v) is 1.88. The fourth-order valence-corrected chi connectivity index (χ4v) is 0.990. The van der Waals surface area contributed by atoms with Gasteiger partial charge in [0, 0.05) is 19.0 Å². The van der Waals surface area contributed by atoms with E-state index < -0.39 is 0 Å². The molecular weight excluding hydrogens is 196 g/mol. The van der Waals surface area contributed by atoms with Gasteiger partial charge in [-0.15, -0.1) is 0 Å². The normalized spacial score (nSPS) is 11.5. The van der Waals surface area contributed by atoms with Gasteiger partial charge in [0.1, 0.15) is 0 Å². The van der Waals surface area contributed by atoms with Gasteiger partial charge in [-0.2, -0.15) is 4.98 Å². The number of rotatable bonds is 4. The summed E-state index contributed by atoms with van der Waals surface area (Å²) in [5.74, 6) is 0.145. The summed E-state index contributed by atoms with van der Waals surface area (Å²) in [6.07, 6.45) is 1.30. The zero-order valence-corrected chi connectivity index (χ0v) is 9.20. The molecular formula is C9H16N4O2. The molecule has 0 fully saturated rings. The number of carbonyl (C=O) groups excluding carboxylic acids is 1. The average Bonchev–Trinajstić information content (AvgIpc) is 2.61. The van der Waals surface area contributed by atoms with Crippen LogP contribution in [-0.4, -0.2) is 28.6 Å². The van der Waals surface area contributed by atoms with Gasteiger partial charge in [-0.25, -0.2) is 0 Å². The molecule has 1 aromatic heterocycles. The maximum atomic E-state index is 11.1. The Morgan fingerprint density at radius 1 is 1.60 bits per heavy atom. The highest BCUT2D eigenvalue weighted by Crippen LogP contribution is 2.09. The molecule has 6 nitrogen and oxygen atoms in total. The zero-order chi connectivity index (χ0) is 11.5. The second-order valence-electron chi connectivity index (χ2n) is 4.08. The van der Waals surface area contributed by atoms with E-state index in [1.807, 2.05) is 13.8 Å². The predicted octanol–water partition coefficient (Wildman–Crippen LogP) is 0.0991. The molecule has 1 heterocycles. The minimum Gasteiger partial charge on any atom is -0.352 e. The smallest absolute Gasteiger partial charge is 0.292 e. The van der Waals surface area contributed by atoms with Crippen molar-refractivity contribution in [1.82, 2.24) is 15.5 Å². The van der Waals surface area contributed by atoms with E-state index in [0.29, 0.717) is 12.3 Å². The van der Waals surface area contributed by atoms with E-state index in [0.717, 1.165) is 6.42 Å². The molecule has 0 saturated carbocycles. The van der Waals surface area contributed by atoms with Gasteiger partial charge < -0.3 is 15.6 Å². The highest BCUT2D eigenvalue weighted by molar-refractivity contribution is 5.89. The van der Waals surface area contributed by atoms with Crippen LogP contribution in [0.1, 0.15) is 36.8 Å². The Labute approximate surface area is 88.2 Å². The molecule has 0 bridgehead atoms. The SMILES string of the molecule is CNC(=O)c1noc(CCC(C)(C)N)n1. The number of carbonyl (C=O) groups is 1. The highest BCUT2D eigenvalue weighted by atomic mass is 16.5. The van der Waals surface area contributed by atoms with Gasteiger partial charge in [-0.3, -0.25) is 4.79 Å². The van der Waals surface area contributed by atoms with Gasteiger partial charge in [0.15, 0.2) is 0 Å². The Hall–Kier alpha value is -1.43. The molecule has 15 heavy (non-hydrogen) atoms. The molecule has 0 radical (unpaired) electrons. The summed E-state index contributed by atoms with van der Waals surface area (Å²) in [5, 5.41) is 5.97. The molecule has 1 rings (SSSR count).